The zero-order valence-electron chi connectivity index (χ0n) is 8.29. The number of ether oxygens (including phenoxy) is 1. The first-order valence-electron chi connectivity index (χ1n) is 5.07. The Balaban J connectivity index is 2.16. The lowest BCUT2D eigenvalue weighted by Gasteiger charge is -2.19. The molecule has 0 N–H and O–H groups in total. The van der Waals surface area contributed by atoms with Crippen molar-refractivity contribution < 1.29 is 9.53 Å². The van der Waals surface area contributed by atoms with Gasteiger partial charge in [0.25, 0.3) is 0 Å². The molecule has 0 bridgehead atoms. The van der Waals surface area contributed by atoms with Gasteiger partial charge in [-0.15, -0.1) is 0 Å². The van der Waals surface area contributed by atoms with E-state index < -0.39 is 0 Å². The summed E-state index contributed by atoms with van der Waals surface area (Å²) in [6.45, 7) is 0. The van der Waals surface area contributed by atoms with Crippen molar-refractivity contribution in [1.29, 1.82) is 0 Å². The van der Waals surface area contributed by atoms with E-state index in [2.05, 4.69) is 4.74 Å². The van der Waals surface area contributed by atoms with Crippen molar-refractivity contribution in [2.24, 2.45) is 5.92 Å². The molecule has 74 valence electrons. The lowest BCUT2D eigenvalue weighted by atomic mass is 9.87. The average Bonchev–Trinajstić information content (AvgIpc) is 2.19. The third-order valence-corrected chi connectivity index (χ3v) is 2.65. The molecule has 0 unspecified atom stereocenters. The summed E-state index contributed by atoms with van der Waals surface area (Å²) in [6, 6.07) is 0. The number of rotatable bonds is 3. The first-order chi connectivity index (χ1) is 6.33. The fraction of sp³-hybridized carbons (Fsp3) is 0.727. The minimum absolute atomic E-state index is 0.240. The van der Waals surface area contributed by atoms with E-state index in [1.807, 2.05) is 6.08 Å². The standard InChI is InChI=1S/C11H18O2/c1-13-11(12)9-5-8-10-6-3-2-4-7-10/h5,9-10H,2-4,6-8H2,1H3. The fourth-order valence-corrected chi connectivity index (χ4v) is 1.85. The van der Waals surface area contributed by atoms with Crippen LogP contribution < -0.4 is 0 Å². The molecule has 13 heavy (non-hydrogen) atoms. The van der Waals surface area contributed by atoms with Crippen molar-refractivity contribution >= 4 is 5.97 Å². The van der Waals surface area contributed by atoms with Gasteiger partial charge in [-0.05, 0) is 12.3 Å². The number of esters is 1. The van der Waals surface area contributed by atoms with E-state index in [0.717, 1.165) is 12.3 Å². The van der Waals surface area contributed by atoms with E-state index in [9.17, 15) is 4.79 Å². The van der Waals surface area contributed by atoms with Crippen LogP contribution in [0.5, 0.6) is 0 Å². The van der Waals surface area contributed by atoms with Gasteiger partial charge in [0, 0.05) is 6.08 Å². The monoisotopic (exact) mass is 182 g/mol. The Morgan fingerprint density at radius 2 is 2.08 bits per heavy atom. The van der Waals surface area contributed by atoms with Gasteiger partial charge in [0.1, 0.15) is 0 Å². The van der Waals surface area contributed by atoms with Crippen LogP contribution in [0.4, 0.5) is 0 Å². The zero-order chi connectivity index (χ0) is 9.52. The predicted octanol–water partition coefficient (Wildman–Crippen LogP) is 2.69. The highest BCUT2D eigenvalue weighted by Gasteiger charge is 2.11. The number of methoxy groups -OCH3 is 1. The third-order valence-electron chi connectivity index (χ3n) is 2.65. The molecule has 0 spiro atoms. The molecular weight excluding hydrogens is 164 g/mol. The molecule has 1 aliphatic carbocycles. The van der Waals surface area contributed by atoms with Crippen LogP contribution in [0.2, 0.25) is 0 Å². The third kappa shape index (κ3) is 4.11. The maximum Gasteiger partial charge on any atom is 0.330 e. The van der Waals surface area contributed by atoms with E-state index >= 15 is 0 Å². The molecule has 0 atom stereocenters. The molecule has 0 radical (unpaired) electrons. The summed E-state index contributed by atoms with van der Waals surface area (Å²) in [5, 5.41) is 0. The van der Waals surface area contributed by atoms with Crippen LogP contribution in [-0.4, -0.2) is 13.1 Å². The minimum atomic E-state index is -0.240. The Morgan fingerprint density at radius 1 is 1.38 bits per heavy atom. The van der Waals surface area contributed by atoms with Crippen LogP contribution in [-0.2, 0) is 9.53 Å². The molecule has 0 aromatic rings. The molecule has 0 aromatic carbocycles. The quantitative estimate of drug-likeness (QED) is 0.495. The van der Waals surface area contributed by atoms with Crippen LogP contribution in [0.15, 0.2) is 12.2 Å². The van der Waals surface area contributed by atoms with E-state index in [1.54, 1.807) is 0 Å². The van der Waals surface area contributed by atoms with Gasteiger partial charge in [0.15, 0.2) is 0 Å². The van der Waals surface area contributed by atoms with E-state index in [0.29, 0.717) is 0 Å². The van der Waals surface area contributed by atoms with Gasteiger partial charge in [-0.25, -0.2) is 4.79 Å². The first-order valence-corrected chi connectivity index (χ1v) is 5.07. The topological polar surface area (TPSA) is 26.3 Å². The number of hydrogen-bond acceptors (Lipinski definition) is 2. The van der Waals surface area contributed by atoms with Gasteiger partial charge < -0.3 is 4.74 Å². The SMILES string of the molecule is COC(=O)C=CCC1CCCCC1. The van der Waals surface area contributed by atoms with Crippen LogP contribution in [0, 0.1) is 5.92 Å². The van der Waals surface area contributed by atoms with E-state index in [1.165, 1.54) is 45.3 Å². The van der Waals surface area contributed by atoms with Crippen molar-refractivity contribution in [3.8, 4) is 0 Å². The van der Waals surface area contributed by atoms with Crippen molar-refractivity contribution in [1.82, 2.24) is 0 Å². The Morgan fingerprint density at radius 3 is 2.69 bits per heavy atom. The second kappa shape index (κ2) is 5.79. The van der Waals surface area contributed by atoms with Crippen LogP contribution in [0.25, 0.3) is 0 Å². The summed E-state index contributed by atoms with van der Waals surface area (Å²) >= 11 is 0. The lowest BCUT2D eigenvalue weighted by molar-refractivity contribution is -0.134. The summed E-state index contributed by atoms with van der Waals surface area (Å²) in [6.07, 6.45) is 11.3. The van der Waals surface area contributed by atoms with Crippen LogP contribution >= 0.6 is 0 Å². The number of carbonyl (C=O) groups excluding carboxylic acids is 1. The maximum absolute atomic E-state index is 10.7. The van der Waals surface area contributed by atoms with Gasteiger partial charge in [0.2, 0.25) is 0 Å². The summed E-state index contributed by atoms with van der Waals surface area (Å²) in [5.41, 5.74) is 0. The highest BCUT2D eigenvalue weighted by molar-refractivity contribution is 5.81. The summed E-state index contributed by atoms with van der Waals surface area (Å²) in [7, 11) is 1.41. The second-order valence-corrected chi connectivity index (χ2v) is 3.67. The smallest absolute Gasteiger partial charge is 0.330 e. The number of hydrogen-bond donors (Lipinski definition) is 0. The van der Waals surface area contributed by atoms with E-state index in [-0.39, 0.29) is 5.97 Å². The normalized spacial score (nSPS) is 19.2. The Bertz CT molecular complexity index is 179. The molecule has 2 heteroatoms. The second-order valence-electron chi connectivity index (χ2n) is 3.67. The zero-order valence-corrected chi connectivity index (χ0v) is 8.29. The molecule has 1 rings (SSSR count). The average molecular weight is 182 g/mol. The molecule has 2 nitrogen and oxygen atoms in total. The molecule has 1 aliphatic rings. The van der Waals surface area contributed by atoms with Crippen molar-refractivity contribution in [3.63, 3.8) is 0 Å². The summed E-state index contributed by atoms with van der Waals surface area (Å²) in [4.78, 5) is 10.7. The molecule has 0 aliphatic heterocycles. The molecule has 1 saturated carbocycles. The summed E-state index contributed by atoms with van der Waals surface area (Å²) in [5.74, 6) is 0.561. The predicted molar refractivity (Wildman–Crippen MR) is 52.3 cm³/mol. The molecule has 1 fully saturated rings. The molecule has 0 saturated heterocycles. The number of allylic oxidation sites excluding steroid dienone is 1. The molecule has 0 heterocycles. The maximum atomic E-state index is 10.7. The summed E-state index contributed by atoms with van der Waals surface area (Å²) < 4.78 is 4.51. The van der Waals surface area contributed by atoms with Gasteiger partial charge in [-0.3, -0.25) is 0 Å². The fourth-order valence-electron chi connectivity index (χ4n) is 1.85. The highest BCUT2D eigenvalue weighted by Crippen LogP contribution is 2.26. The van der Waals surface area contributed by atoms with Crippen molar-refractivity contribution in [2.75, 3.05) is 7.11 Å². The van der Waals surface area contributed by atoms with Gasteiger partial charge in [-0.1, -0.05) is 38.2 Å². The minimum Gasteiger partial charge on any atom is -0.466 e. The van der Waals surface area contributed by atoms with Gasteiger partial charge in [0.05, 0.1) is 7.11 Å². The molecule has 0 amide bonds. The Labute approximate surface area is 80.0 Å². The van der Waals surface area contributed by atoms with E-state index in [4.69, 9.17) is 0 Å². The van der Waals surface area contributed by atoms with Crippen molar-refractivity contribution in [2.45, 2.75) is 38.5 Å². The van der Waals surface area contributed by atoms with Crippen LogP contribution in [0.1, 0.15) is 38.5 Å². The van der Waals surface area contributed by atoms with Crippen LogP contribution in [0.3, 0.4) is 0 Å². The highest BCUT2D eigenvalue weighted by atomic mass is 16.5. The number of carbonyl (C=O) groups is 1. The Hall–Kier alpha value is -0.790. The van der Waals surface area contributed by atoms with Crippen molar-refractivity contribution in [3.05, 3.63) is 12.2 Å². The lowest BCUT2D eigenvalue weighted by Crippen LogP contribution is -2.05. The van der Waals surface area contributed by atoms with Gasteiger partial charge in [-0.2, -0.15) is 0 Å². The molecule has 0 aromatic heterocycles. The Kier molecular flexibility index (Phi) is 4.58. The first kappa shape index (κ1) is 10.3. The van der Waals surface area contributed by atoms with Gasteiger partial charge >= 0.3 is 5.97 Å². The largest absolute Gasteiger partial charge is 0.466 e. The molecular formula is C11H18O2.